The van der Waals surface area contributed by atoms with E-state index < -0.39 is 14.8 Å². The maximum absolute atomic E-state index is 9.86. The summed E-state index contributed by atoms with van der Waals surface area (Å²) in [7, 11) is -3.99. The van der Waals surface area contributed by atoms with Gasteiger partial charge in [0.15, 0.2) is 0 Å². The Hall–Kier alpha value is -0.433. The molecule has 0 saturated heterocycles. The number of carbonyl (C=O) groups is 1. The molecular weight excluding hydrogens is 156 g/mol. The molecule has 0 rings (SSSR count). The zero-order valence-electron chi connectivity index (χ0n) is 5.32. The Labute approximate surface area is 58.9 Å². The third-order valence-electron chi connectivity index (χ3n) is 0.903. The van der Waals surface area contributed by atoms with E-state index in [1.54, 1.807) is 0 Å². The zero-order chi connectivity index (χ0) is 8.20. The minimum Gasteiger partial charge on any atom is -0.481 e. The maximum atomic E-state index is 9.86. The highest BCUT2D eigenvalue weighted by Gasteiger charge is 2.25. The van der Waals surface area contributed by atoms with Crippen molar-refractivity contribution in [3.8, 4) is 0 Å². The van der Waals surface area contributed by atoms with Gasteiger partial charge in [0, 0.05) is 12.5 Å². The Morgan fingerprint density at radius 1 is 1.30 bits per heavy atom. The van der Waals surface area contributed by atoms with Gasteiger partial charge in [-0.2, -0.15) is 0 Å². The van der Waals surface area contributed by atoms with Crippen LogP contribution in [0.2, 0.25) is 6.04 Å². The highest BCUT2D eigenvalue weighted by molar-refractivity contribution is 6.56. The molecule has 6 heteroatoms. The molecular formula is C4H10O5Si. The summed E-state index contributed by atoms with van der Waals surface area (Å²) in [5, 5.41) is 8.08. The van der Waals surface area contributed by atoms with Crippen molar-refractivity contribution in [3.63, 3.8) is 0 Å². The van der Waals surface area contributed by atoms with Crippen LogP contribution >= 0.6 is 0 Å². The van der Waals surface area contributed by atoms with Crippen LogP contribution in [0, 0.1) is 0 Å². The average Bonchev–Trinajstić information content (AvgIpc) is 1.59. The SMILES string of the molecule is O=C(O)CCC[Si](O)(O)O. The molecule has 0 fully saturated rings. The van der Waals surface area contributed by atoms with E-state index >= 15 is 0 Å². The Morgan fingerprint density at radius 3 is 2.10 bits per heavy atom. The first-order chi connectivity index (χ1) is 4.42. The summed E-state index contributed by atoms with van der Waals surface area (Å²) >= 11 is 0. The number of rotatable bonds is 4. The Kier molecular flexibility index (Phi) is 3.51. The Balaban J connectivity index is 3.29. The predicted molar refractivity (Wildman–Crippen MR) is 34.1 cm³/mol. The van der Waals surface area contributed by atoms with E-state index in [4.69, 9.17) is 19.5 Å². The summed E-state index contributed by atoms with van der Waals surface area (Å²) in [4.78, 5) is 35.0. The third kappa shape index (κ3) is 7.57. The molecule has 0 aliphatic heterocycles. The molecule has 0 unspecified atom stereocenters. The van der Waals surface area contributed by atoms with Gasteiger partial charge in [0.05, 0.1) is 0 Å². The molecule has 4 N–H and O–H groups in total. The van der Waals surface area contributed by atoms with Gasteiger partial charge < -0.3 is 19.5 Å². The average molecular weight is 166 g/mol. The van der Waals surface area contributed by atoms with Gasteiger partial charge in [-0.25, -0.2) is 0 Å². The molecule has 60 valence electrons. The van der Waals surface area contributed by atoms with E-state index in [2.05, 4.69) is 0 Å². The van der Waals surface area contributed by atoms with Crippen LogP contribution in [-0.2, 0) is 4.79 Å². The zero-order valence-corrected chi connectivity index (χ0v) is 6.32. The van der Waals surface area contributed by atoms with Crippen molar-refractivity contribution in [1.29, 1.82) is 0 Å². The summed E-state index contributed by atoms with van der Waals surface area (Å²) < 4.78 is 0. The van der Waals surface area contributed by atoms with Crippen LogP contribution in [0.1, 0.15) is 12.8 Å². The summed E-state index contributed by atoms with van der Waals surface area (Å²) in [5.74, 6) is -1.00. The fourth-order valence-corrected chi connectivity index (χ4v) is 1.13. The molecule has 0 aromatic heterocycles. The molecule has 0 aromatic rings. The predicted octanol–water partition coefficient (Wildman–Crippen LogP) is -1.23. The van der Waals surface area contributed by atoms with Crippen molar-refractivity contribution >= 4 is 14.8 Å². The second-order valence-electron chi connectivity index (χ2n) is 2.02. The maximum Gasteiger partial charge on any atom is 0.492 e. The minimum atomic E-state index is -3.99. The largest absolute Gasteiger partial charge is 0.492 e. The van der Waals surface area contributed by atoms with Crippen LogP contribution in [0.4, 0.5) is 0 Å². The first kappa shape index (κ1) is 9.57. The van der Waals surface area contributed by atoms with Gasteiger partial charge >= 0.3 is 14.8 Å². The highest BCUT2D eigenvalue weighted by Crippen LogP contribution is 2.03. The lowest BCUT2D eigenvalue weighted by atomic mass is 10.3. The molecule has 0 aliphatic carbocycles. The van der Waals surface area contributed by atoms with E-state index in [-0.39, 0.29) is 18.9 Å². The second-order valence-corrected chi connectivity index (χ2v) is 4.07. The van der Waals surface area contributed by atoms with Gasteiger partial charge in [0.25, 0.3) is 0 Å². The molecule has 0 atom stereocenters. The van der Waals surface area contributed by atoms with Gasteiger partial charge in [0.1, 0.15) is 0 Å². The second kappa shape index (κ2) is 3.67. The van der Waals surface area contributed by atoms with E-state index in [1.165, 1.54) is 0 Å². The van der Waals surface area contributed by atoms with Crippen LogP contribution in [0.25, 0.3) is 0 Å². The lowest BCUT2D eigenvalue weighted by Crippen LogP contribution is -2.34. The van der Waals surface area contributed by atoms with Crippen molar-refractivity contribution in [1.82, 2.24) is 0 Å². The first-order valence-electron chi connectivity index (χ1n) is 2.81. The molecule has 0 radical (unpaired) electrons. The standard InChI is InChI=1S/C4H10O5Si/c5-4(6)2-1-3-10(7,8)9/h7-9H,1-3H2,(H,5,6). The summed E-state index contributed by atoms with van der Waals surface area (Å²) in [6, 6.07) is -0.209. The van der Waals surface area contributed by atoms with Gasteiger partial charge in [-0.1, -0.05) is 0 Å². The fraction of sp³-hybridized carbons (Fsp3) is 0.750. The van der Waals surface area contributed by atoms with Crippen molar-refractivity contribution in [2.45, 2.75) is 18.9 Å². The summed E-state index contributed by atoms with van der Waals surface area (Å²) in [6.45, 7) is 0. The molecule has 10 heavy (non-hydrogen) atoms. The molecule has 0 heterocycles. The Morgan fingerprint density at radius 2 is 1.80 bits per heavy atom. The van der Waals surface area contributed by atoms with Gasteiger partial charge in [0.2, 0.25) is 0 Å². The summed E-state index contributed by atoms with van der Waals surface area (Å²) in [6.07, 6.45) is -0.0402. The lowest BCUT2D eigenvalue weighted by molar-refractivity contribution is -0.137. The van der Waals surface area contributed by atoms with E-state index in [0.717, 1.165) is 0 Å². The highest BCUT2D eigenvalue weighted by atomic mass is 28.4. The van der Waals surface area contributed by atoms with Crippen molar-refractivity contribution < 1.29 is 24.3 Å². The molecule has 0 spiro atoms. The quantitative estimate of drug-likeness (QED) is 0.392. The van der Waals surface area contributed by atoms with Gasteiger partial charge in [-0.05, 0) is 6.42 Å². The topological polar surface area (TPSA) is 98.0 Å². The molecule has 0 aromatic carbocycles. The molecule has 0 saturated carbocycles. The Bertz CT molecular complexity index is 117. The fourth-order valence-electron chi connectivity index (χ4n) is 0.477. The first-order valence-corrected chi connectivity index (χ1v) is 4.85. The molecule has 5 nitrogen and oxygen atoms in total. The van der Waals surface area contributed by atoms with Crippen LogP contribution in [0.5, 0.6) is 0 Å². The smallest absolute Gasteiger partial charge is 0.481 e. The third-order valence-corrected chi connectivity index (χ3v) is 1.93. The van der Waals surface area contributed by atoms with Crippen molar-refractivity contribution in [3.05, 3.63) is 0 Å². The molecule has 0 bridgehead atoms. The van der Waals surface area contributed by atoms with Crippen LogP contribution < -0.4 is 0 Å². The number of carboxylic acids is 1. The number of carboxylic acid groups (broad SMARTS) is 1. The van der Waals surface area contributed by atoms with Gasteiger partial charge in [-0.3, -0.25) is 4.79 Å². The number of aliphatic carboxylic acids is 1. The minimum absolute atomic E-state index is 0.102. The van der Waals surface area contributed by atoms with E-state index in [0.29, 0.717) is 0 Å². The van der Waals surface area contributed by atoms with Crippen LogP contribution in [0.15, 0.2) is 0 Å². The van der Waals surface area contributed by atoms with Crippen molar-refractivity contribution in [2.24, 2.45) is 0 Å². The number of hydrogen-bond donors (Lipinski definition) is 4. The lowest BCUT2D eigenvalue weighted by Gasteiger charge is -2.06. The van der Waals surface area contributed by atoms with E-state index in [9.17, 15) is 4.79 Å². The summed E-state index contributed by atoms with van der Waals surface area (Å²) in [5.41, 5.74) is 0. The van der Waals surface area contributed by atoms with E-state index in [1.807, 2.05) is 0 Å². The molecule has 0 aliphatic rings. The van der Waals surface area contributed by atoms with Crippen molar-refractivity contribution in [2.75, 3.05) is 0 Å². The van der Waals surface area contributed by atoms with Gasteiger partial charge in [-0.15, -0.1) is 0 Å². The normalized spacial score (nSPS) is 11.5. The monoisotopic (exact) mass is 166 g/mol. The van der Waals surface area contributed by atoms with Crippen LogP contribution in [-0.4, -0.2) is 34.3 Å². The van der Waals surface area contributed by atoms with Crippen LogP contribution in [0.3, 0.4) is 0 Å². The number of hydrogen-bond acceptors (Lipinski definition) is 4. The molecule has 0 amide bonds.